The number of nitriles is 1. The molecule has 7 nitrogen and oxygen atoms in total. The smallest absolute Gasteiger partial charge is 0.302 e. The fourth-order valence-electron chi connectivity index (χ4n) is 3.39. The number of methoxy groups -OCH3 is 1. The molecule has 1 aliphatic rings. The van der Waals surface area contributed by atoms with Crippen LogP contribution in [-0.4, -0.2) is 29.3 Å². The van der Waals surface area contributed by atoms with Crippen LogP contribution in [0.3, 0.4) is 0 Å². The number of benzene rings is 2. The van der Waals surface area contributed by atoms with E-state index in [2.05, 4.69) is 27.0 Å². The molecule has 2 aromatic carbocycles. The maximum Gasteiger partial charge on any atom is 0.302 e. The Balaban J connectivity index is 0.000000491. The Morgan fingerprint density at radius 2 is 2.00 bits per heavy atom. The van der Waals surface area contributed by atoms with Crippen molar-refractivity contribution in [3.8, 4) is 34.7 Å². The Morgan fingerprint density at radius 3 is 2.68 bits per heavy atom. The van der Waals surface area contributed by atoms with E-state index in [-0.39, 0.29) is 12.1 Å². The second-order valence-corrected chi connectivity index (χ2v) is 7.40. The minimum absolute atomic E-state index is 0.00290. The molecule has 0 radical (unpaired) electrons. The zero-order chi connectivity index (χ0) is 22.4. The molecule has 0 bridgehead atoms. The largest absolute Gasteiger partial charge is 0.490 e. The molecule has 1 heterocycles. The van der Waals surface area contributed by atoms with E-state index in [9.17, 15) is 10.1 Å². The minimum Gasteiger partial charge on any atom is -0.490 e. The minimum atomic E-state index is -0.245. The number of aryl methyl sites for hydroxylation is 1. The molecule has 1 aliphatic carbocycles. The quantitative estimate of drug-likeness (QED) is 0.564. The van der Waals surface area contributed by atoms with Gasteiger partial charge in [-0.25, -0.2) is 0 Å². The number of nitrogens with zero attached hydrogens (tertiary/aromatic N) is 3. The van der Waals surface area contributed by atoms with Gasteiger partial charge in [0.15, 0.2) is 0 Å². The van der Waals surface area contributed by atoms with E-state index < -0.39 is 0 Å². The van der Waals surface area contributed by atoms with E-state index in [1.165, 1.54) is 31.6 Å². The third-order valence-corrected chi connectivity index (χ3v) is 4.81. The van der Waals surface area contributed by atoms with Gasteiger partial charge in [0.05, 0.1) is 18.8 Å². The Bertz CT molecular complexity index is 1110. The number of hydrogen-bond donors (Lipinski definition) is 0. The fourth-order valence-corrected chi connectivity index (χ4v) is 3.39. The Hall–Kier alpha value is -3.66. The lowest BCUT2D eigenvalue weighted by Gasteiger charge is -2.11. The summed E-state index contributed by atoms with van der Waals surface area (Å²) in [7, 11) is 1.35. The first kappa shape index (κ1) is 22.0. The molecule has 160 valence electrons. The van der Waals surface area contributed by atoms with Crippen molar-refractivity contribution in [2.45, 2.75) is 46.1 Å². The summed E-state index contributed by atoms with van der Waals surface area (Å²) in [5, 5.41) is 13.6. The lowest BCUT2D eigenvalue weighted by molar-refractivity contribution is -0.137. The van der Waals surface area contributed by atoms with Crippen LogP contribution in [-0.2, 0) is 22.4 Å². The fraction of sp³-hybridized carbons (Fsp3) is 0.333. The third kappa shape index (κ3) is 5.28. The van der Waals surface area contributed by atoms with Gasteiger partial charge in [0, 0.05) is 18.1 Å². The maximum atomic E-state index is 9.59. The molecule has 4 rings (SSSR count). The van der Waals surface area contributed by atoms with E-state index in [4.69, 9.17) is 9.26 Å². The molecule has 3 aromatic rings. The zero-order valence-electron chi connectivity index (χ0n) is 18.1. The van der Waals surface area contributed by atoms with Crippen LogP contribution in [0.2, 0.25) is 0 Å². The van der Waals surface area contributed by atoms with Gasteiger partial charge in [-0.3, -0.25) is 4.79 Å². The van der Waals surface area contributed by atoms with Crippen molar-refractivity contribution in [1.82, 2.24) is 10.1 Å². The molecule has 0 saturated heterocycles. The monoisotopic (exact) mass is 419 g/mol. The molecule has 0 atom stereocenters. The molecule has 0 unspecified atom stereocenters. The van der Waals surface area contributed by atoms with Gasteiger partial charge in [-0.2, -0.15) is 10.2 Å². The SMILES string of the molecule is CC(C)Oc1ccc(-c2nc(-c3cccc4c3CCC4)no2)cc1C#N.COC(C)=O. The molecule has 31 heavy (non-hydrogen) atoms. The average Bonchev–Trinajstić information content (AvgIpc) is 3.43. The molecule has 0 fully saturated rings. The molecule has 0 amide bonds. The van der Waals surface area contributed by atoms with Crippen molar-refractivity contribution < 1.29 is 18.8 Å². The van der Waals surface area contributed by atoms with Crippen molar-refractivity contribution in [2.75, 3.05) is 7.11 Å². The lowest BCUT2D eigenvalue weighted by atomic mass is 10.0. The summed E-state index contributed by atoms with van der Waals surface area (Å²) in [5.41, 5.74) is 4.89. The molecule has 0 spiro atoms. The number of esters is 1. The highest BCUT2D eigenvalue weighted by molar-refractivity contribution is 5.67. The summed E-state index contributed by atoms with van der Waals surface area (Å²) in [6.45, 7) is 5.22. The zero-order valence-corrected chi connectivity index (χ0v) is 18.1. The topological polar surface area (TPSA) is 98.2 Å². The van der Waals surface area contributed by atoms with Crippen molar-refractivity contribution in [3.63, 3.8) is 0 Å². The lowest BCUT2D eigenvalue weighted by Crippen LogP contribution is -2.06. The van der Waals surface area contributed by atoms with Crippen molar-refractivity contribution >= 4 is 5.97 Å². The van der Waals surface area contributed by atoms with E-state index in [1.54, 1.807) is 12.1 Å². The Morgan fingerprint density at radius 1 is 1.23 bits per heavy atom. The Kier molecular flexibility index (Phi) is 7.03. The van der Waals surface area contributed by atoms with Gasteiger partial charge in [-0.1, -0.05) is 23.4 Å². The number of fused-ring (bicyclic) bond motifs is 1. The van der Waals surface area contributed by atoms with E-state index in [0.717, 1.165) is 18.4 Å². The highest BCUT2D eigenvalue weighted by atomic mass is 16.5. The first-order valence-corrected chi connectivity index (χ1v) is 10.1. The van der Waals surface area contributed by atoms with Crippen molar-refractivity contribution in [2.24, 2.45) is 0 Å². The maximum absolute atomic E-state index is 9.59. The number of rotatable bonds is 4. The van der Waals surface area contributed by atoms with Gasteiger partial charge in [0.2, 0.25) is 5.82 Å². The summed E-state index contributed by atoms with van der Waals surface area (Å²) >= 11 is 0. The first-order valence-electron chi connectivity index (χ1n) is 10.1. The van der Waals surface area contributed by atoms with Crippen LogP contribution >= 0.6 is 0 Å². The number of aromatic nitrogens is 2. The van der Waals surface area contributed by atoms with Gasteiger partial charge >= 0.3 is 5.97 Å². The van der Waals surface area contributed by atoms with Gasteiger partial charge in [0.25, 0.3) is 5.89 Å². The second kappa shape index (κ2) is 9.90. The predicted octanol–water partition coefficient (Wildman–Crippen LogP) is 4.73. The third-order valence-electron chi connectivity index (χ3n) is 4.81. The van der Waals surface area contributed by atoms with Crippen LogP contribution < -0.4 is 4.74 Å². The van der Waals surface area contributed by atoms with E-state index >= 15 is 0 Å². The number of hydrogen-bond acceptors (Lipinski definition) is 7. The van der Waals surface area contributed by atoms with Crippen LogP contribution in [0.25, 0.3) is 22.8 Å². The number of ether oxygens (including phenoxy) is 2. The number of carbonyl (C=O) groups is 1. The number of carbonyl (C=O) groups excluding carboxylic acids is 1. The van der Waals surface area contributed by atoms with Gasteiger partial charge in [-0.05, 0) is 62.4 Å². The van der Waals surface area contributed by atoms with Crippen LogP contribution in [0.4, 0.5) is 0 Å². The predicted molar refractivity (Wildman–Crippen MR) is 115 cm³/mol. The van der Waals surface area contributed by atoms with Crippen LogP contribution in [0.15, 0.2) is 40.9 Å². The van der Waals surface area contributed by atoms with E-state index in [0.29, 0.717) is 28.6 Å². The standard InChI is InChI=1S/C21H19N3O2.C3H6O2/c1-13(2)25-19-10-9-15(11-16(19)12-22)21-23-20(24-26-21)18-8-4-6-14-5-3-7-17(14)18;1-3(4)5-2/h4,6,8-11,13H,3,5,7H2,1-2H3;1-2H3. The molecular formula is C24H25N3O4. The molecular weight excluding hydrogens is 394 g/mol. The highest BCUT2D eigenvalue weighted by Gasteiger charge is 2.19. The van der Waals surface area contributed by atoms with Crippen LogP contribution in [0.1, 0.15) is 43.9 Å². The van der Waals surface area contributed by atoms with Gasteiger partial charge in [-0.15, -0.1) is 0 Å². The molecule has 1 aromatic heterocycles. The highest BCUT2D eigenvalue weighted by Crippen LogP contribution is 2.32. The Labute approximate surface area is 181 Å². The first-order chi connectivity index (χ1) is 14.9. The summed E-state index contributed by atoms with van der Waals surface area (Å²) in [5.74, 6) is 1.32. The average molecular weight is 419 g/mol. The summed E-state index contributed by atoms with van der Waals surface area (Å²) in [6, 6.07) is 13.8. The summed E-state index contributed by atoms with van der Waals surface area (Å²) in [4.78, 5) is 14.2. The van der Waals surface area contributed by atoms with Crippen molar-refractivity contribution in [1.29, 1.82) is 5.26 Å². The van der Waals surface area contributed by atoms with E-state index in [1.807, 2.05) is 32.0 Å². The second-order valence-electron chi connectivity index (χ2n) is 7.40. The summed E-state index contributed by atoms with van der Waals surface area (Å²) < 4.78 is 15.2. The molecule has 0 N–H and O–H groups in total. The normalized spacial score (nSPS) is 11.9. The van der Waals surface area contributed by atoms with Crippen LogP contribution in [0.5, 0.6) is 5.75 Å². The molecule has 7 heteroatoms. The van der Waals surface area contributed by atoms with Crippen LogP contribution in [0, 0.1) is 11.3 Å². The molecule has 0 saturated carbocycles. The van der Waals surface area contributed by atoms with Crippen molar-refractivity contribution in [3.05, 3.63) is 53.1 Å². The van der Waals surface area contributed by atoms with Gasteiger partial charge in [0.1, 0.15) is 11.8 Å². The molecule has 0 aliphatic heterocycles. The van der Waals surface area contributed by atoms with Gasteiger partial charge < -0.3 is 14.0 Å². The summed E-state index contributed by atoms with van der Waals surface area (Å²) in [6.07, 6.45) is 3.33.